The van der Waals surface area contributed by atoms with Gasteiger partial charge in [-0.2, -0.15) is 0 Å². The van der Waals surface area contributed by atoms with Gasteiger partial charge in [0.2, 0.25) is 10.0 Å². The van der Waals surface area contributed by atoms with Crippen molar-refractivity contribution in [2.75, 3.05) is 17.6 Å². The summed E-state index contributed by atoms with van der Waals surface area (Å²) in [7, 11) is -3.38. The number of halogens is 1. The van der Waals surface area contributed by atoms with Gasteiger partial charge < -0.3 is 4.74 Å². The third-order valence-electron chi connectivity index (χ3n) is 1.76. The molecule has 0 aliphatic rings. The normalized spacial score (nSPS) is 10.8. The van der Waals surface area contributed by atoms with Crippen LogP contribution in [0.15, 0.2) is 35.9 Å². The second-order valence-corrected chi connectivity index (χ2v) is 5.83. The quantitative estimate of drug-likeness (QED) is 0.841. The van der Waals surface area contributed by atoms with Crippen LogP contribution in [0.2, 0.25) is 0 Å². The van der Waals surface area contributed by atoms with Gasteiger partial charge in [-0.3, -0.25) is 4.72 Å². The van der Waals surface area contributed by atoms with Crippen LogP contribution < -0.4 is 4.72 Å². The Morgan fingerprint density at radius 3 is 2.72 bits per heavy atom. The number of carbonyl (C=O) groups is 1. The number of benzene rings is 1. The Bertz CT molecular complexity index is 568. The minimum Gasteiger partial charge on any atom is -0.456 e. The maximum atomic E-state index is 11.6. The molecule has 1 aromatic rings. The molecule has 0 bridgehead atoms. The zero-order valence-electron chi connectivity index (χ0n) is 9.64. The van der Waals surface area contributed by atoms with Crippen LogP contribution >= 0.6 is 11.6 Å². The van der Waals surface area contributed by atoms with Crippen LogP contribution in [-0.4, -0.2) is 27.2 Å². The number of esters is 1. The van der Waals surface area contributed by atoms with Crippen molar-refractivity contribution in [1.82, 2.24) is 0 Å². The van der Waals surface area contributed by atoms with E-state index in [1.165, 1.54) is 18.2 Å². The first-order chi connectivity index (χ1) is 8.28. The SMILES string of the molecule is C=C(Cl)COC(=O)c1cccc(NS(C)(=O)=O)c1. The second kappa shape index (κ2) is 5.88. The minimum atomic E-state index is -3.38. The van der Waals surface area contributed by atoms with Gasteiger partial charge in [0.25, 0.3) is 0 Å². The third kappa shape index (κ3) is 5.20. The monoisotopic (exact) mass is 289 g/mol. The van der Waals surface area contributed by atoms with Gasteiger partial charge in [-0.1, -0.05) is 24.2 Å². The van der Waals surface area contributed by atoms with E-state index in [2.05, 4.69) is 11.3 Å². The summed E-state index contributed by atoms with van der Waals surface area (Å²) in [6.07, 6.45) is 1.02. The van der Waals surface area contributed by atoms with E-state index < -0.39 is 16.0 Å². The summed E-state index contributed by atoms with van der Waals surface area (Å²) in [4.78, 5) is 11.6. The van der Waals surface area contributed by atoms with Crippen molar-refractivity contribution in [3.05, 3.63) is 41.4 Å². The molecule has 0 saturated heterocycles. The Kier molecular flexibility index (Phi) is 4.75. The lowest BCUT2D eigenvalue weighted by Crippen LogP contribution is -2.11. The molecule has 0 spiro atoms. The van der Waals surface area contributed by atoms with E-state index >= 15 is 0 Å². The molecular weight excluding hydrogens is 278 g/mol. The Labute approximate surface area is 110 Å². The van der Waals surface area contributed by atoms with Gasteiger partial charge in [-0.05, 0) is 18.2 Å². The molecule has 5 nitrogen and oxygen atoms in total. The predicted octanol–water partition coefficient (Wildman–Crippen LogP) is 1.97. The van der Waals surface area contributed by atoms with Crippen LogP contribution in [0.3, 0.4) is 0 Å². The van der Waals surface area contributed by atoms with Crippen LogP contribution in [0.1, 0.15) is 10.4 Å². The fourth-order valence-corrected chi connectivity index (χ4v) is 1.76. The largest absolute Gasteiger partial charge is 0.456 e. The maximum absolute atomic E-state index is 11.6. The molecule has 0 atom stereocenters. The Balaban J connectivity index is 2.82. The summed E-state index contributed by atoms with van der Waals surface area (Å²) >= 11 is 5.46. The lowest BCUT2D eigenvalue weighted by atomic mass is 10.2. The highest BCUT2D eigenvalue weighted by Crippen LogP contribution is 2.13. The van der Waals surface area contributed by atoms with Crippen molar-refractivity contribution < 1.29 is 17.9 Å². The summed E-state index contributed by atoms with van der Waals surface area (Å²) < 4.78 is 29.2. The summed E-state index contributed by atoms with van der Waals surface area (Å²) in [6.45, 7) is 3.29. The van der Waals surface area contributed by atoms with Crippen LogP contribution in [0.4, 0.5) is 5.69 Å². The van der Waals surface area contributed by atoms with Crippen molar-refractivity contribution in [3.8, 4) is 0 Å². The fraction of sp³-hybridized carbons (Fsp3) is 0.182. The zero-order chi connectivity index (χ0) is 13.8. The molecule has 18 heavy (non-hydrogen) atoms. The first kappa shape index (κ1) is 14.5. The van der Waals surface area contributed by atoms with Gasteiger partial charge in [0.1, 0.15) is 6.61 Å². The topological polar surface area (TPSA) is 72.5 Å². The van der Waals surface area contributed by atoms with Crippen molar-refractivity contribution in [3.63, 3.8) is 0 Å². The van der Waals surface area contributed by atoms with E-state index in [-0.39, 0.29) is 22.9 Å². The van der Waals surface area contributed by atoms with Crippen molar-refractivity contribution in [2.45, 2.75) is 0 Å². The van der Waals surface area contributed by atoms with E-state index in [4.69, 9.17) is 16.3 Å². The number of nitrogens with one attached hydrogen (secondary N) is 1. The van der Waals surface area contributed by atoms with E-state index in [0.29, 0.717) is 0 Å². The number of carbonyl (C=O) groups excluding carboxylic acids is 1. The zero-order valence-corrected chi connectivity index (χ0v) is 11.2. The van der Waals surface area contributed by atoms with Crippen LogP contribution in [0.25, 0.3) is 0 Å². The van der Waals surface area contributed by atoms with Gasteiger partial charge in [0.05, 0.1) is 11.8 Å². The molecule has 1 aromatic carbocycles. The highest BCUT2D eigenvalue weighted by Gasteiger charge is 2.09. The molecule has 1 N–H and O–H groups in total. The number of anilines is 1. The molecule has 0 saturated carbocycles. The molecule has 1 rings (SSSR count). The number of rotatable bonds is 5. The molecule has 98 valence electrons. The smallest absolute Gasteiger partial charge is 0.338 e. The minimum absolute atomic E-state index is 0.0931. The lowest BCUT2D eigenvalue weighted by molar-refractivity contribution is 0.0546. The van der Waals surface area contributed by atoms with E-state index in [9.17, 15) is 13.2 Å². The molecule has 7 heteroatoms. The number of hydrogen-bond acceptors (Lipinski definition) is 4. The van der Waals surface area contributed by atoms with Gasteiger partial charge in [0, 0.05) is 10.7 Å². The third-order valence-corrected chi connectivity index (χ3v) is 2.48. The first-order valence-corrected chi connectivity index (χ1v) is 7.13. The molecule has 0 heterocycles. The van der Waals surface area contributed by atoms with Crippen molar-refractivity contribution in [1.29, 1.82) is 0 Å². The van der Waals surface area contributed by atoms with E-state index in [1.807, 2.05) is 0 Å². The summed E-state index contributed by atoms with van der Waals surface area (Å²) in [5.74, 6) is -0.603. The second-order valence-electron chi connectivity index (χ2n) is 3.55. The Hall–Kier alpha value is -1.53. The average Bonchev–Trinajstić information content (AvgIpc) is 2.23. The van der Waals surface area contributed by atoms with Gasteiger partial charge in [0.15, 0.2) is 0 Å². The Morgan fingerprint density at radius 2 is 2.17 bits per heavy atom. The van der Waals surface area contributed by atoms with E-state index in [0.717, 1.165) is 6.26 Å². The van der Waals surface area contributed by atoms with Crippen molar-refractivity contribution >= 4 is 33.3 Å². The highest BCUT2D eigenvalue weighted by molar-refractivity contribution is 7.92. The maximum Gasteiger partial charge on any atom is 0.338 e. The number of ether oxygens (including phenoxy) is 1. The molecule has 0 aliphatic carbocycles. The summed E-state index contributed by atoms with van der Waals surface area (Å²) in [5.41, 5.74) is 0.512. The molecule has 0 aliphatic heterocycles. The van der Waals surface area contributed by atoms with Crippen molar-refractivity contribution in [2.24, 2.45) is 0 Å². The summed E-state index contributed by atoms with van der Waals surface area (Å²) in [6, 6.07) is 5.95. The molecule has 0 radical (unpaired) electrons. The predicted molar refractivity (Wildman–Crippen MR) is 70.2 cm³/mol. The Morgan fingerprint density at radius 1 is 1.50 bits per heavy atom. The molecule has 0 unspecified atom stereocenters. The lowest BCUT2D eigenvalue weighted by Gasteiger charge is -2.06. The summed E-state index contributed by atoms with van der Waals surface area (Å²) in [5, 5.41) is 0.203. The number of hydrogen-bond donors (Lipinski definition) is 1. The van der Waals surface area contributed by atoms with Crippen LogP contribution in [0, 0.1) is 0 Å². The highest BCUT2D eigenvalue weighted by atomic mass is 35.5. The first-order valence-electron chi connectivity index (χ1n) is 4.86. The van der Waals surface area contributed by atoms with Gasteiger partial charge >= 0.3 is 5.97 Å². The molecule has 0 amide bonds. The molecule has 0 aromatic heterocycles. The van der Waals surface area contributed by atoms with E-state index in [1.54, 1.807) is 6.07 Å². The average molecular weight is 290 g/mol. The van der Waals surface area contributed by atoms with Crippen LogP contribution in [-0.2, 0) is 14.8 Å². The van der Waals surface area contributed by atoms with Crippen LogP contribution in [0.5, 0.6) is 0 Å². The van der Waals surface area contributed by atoms with Gasteiger partial charge in [-0.15, -0.1) is 0 Å². The fourth-order valence-electron chi connectivity index (χ4n) is 1.15. The standard InChI is InChI=1S/C11H12ClNO4S/c1-8(12)7-17-11(14)9-4-3-5-10(6-9)13-18(2,15)16/h3-6,13H,1,7H2,2H3. The van der Waals surface area contributed by atoms with Gasteiger partial charge in [-0.25, -0.2) is 13.2 Å². The molecular formula is C11H12ClNO4S. The number of sulfonamides is 1. The molecule has 0 fully saturated rings.